The highest BCUT2D eigenvalue weighted by Gasteiger charge is 2.33. The van der Waals surface area contributed by atoms with Crippen molar-refractivity contribution in [3.8, 4) is 11.1 Å². The molecule has 0 aliphatic carbocycles. The number of carboxylic acid groups (broad SMARTS) is 1. The Kier molecular flexibility index (Phi) is 14.4. The lowest BCUT2D eigenvalue weighted by Crippen LogP contribution is -2.59. The second kappa shape index (κ2) is 20.4. The number of fused-ring (bicyclic) bond motifs is 18. The summed E-state index contributed by atoms with van der Waals surface area (Å²) in [6, 6.07) is 36.5. The summed E-state index contributed by atoms with van der Waals surface area (Å²) in [4.78, 5) is 81.8. The van der Waals surface area contributed by atoms with Crippen LogP contribution in [0.25, 0.3) is 11.1 Å². The van der Waals surface area contributed by atoms with Crippen LogP contribution in [0.2, 0.25) is 0 Å². The molecular formula is C48H47N5O7. The molecule has 0 saturated carbocycles. The monoisotopic (exact) mass is 805 g/mol. The molecule has 0 saturated heterocycles. The SMILES string of the molecule is C=C(Cc1ccccc1)C1NC(=O)CCNC(=O)c2ccc(cc2)CC(C(=O)O)NC(=O)C(Cc2ccccc2)NC(=O)C(Cc2ccc(-c3ccccc3)cc2)NC1=O. The largest absolute Gasteiger partial charge is 0.480 e. The minimum Gasteiger partial charge on any atom is -0.480 e. The van der Waals surface area contributed by atoms with Crippen molar-refractivity contribution in [2.75, 3.05) is 6.54 Å². The van der Waals surface area contributed by atoms with E-state index in [1.165, 1.54) is 12.1 Å². The van der Waals surface area contributed by atoms with Crippen molar-refractivity contribution in [3.63, 3.8) is 0 Å². The number of aliphatic carboxylic acids is 1. The maximum absolute atomic E-state index is 14.5. The van der Waals surface area contributed by atoms with Gasteiger partial charge in [-0.1, -0.05) is 134 Å². The second-order valence-electron chi connectivity index (χ2n) is 14.7. The Balaban J connectivity index is 1.36. The van der Waals surface area contributed by atoms with Crippen LogP contribution in [0.1, 0.15) is 39.0 Å². The molecule has 2 aliphatic rings. The van der Waals surface area contributed by atoms with Gasteiger partial charge >= 0.3 is 5.97 Å². The third-order valence-corrected chi connectivity index (χ3v) is 10.2. The number of carbonyl (C=O) groups is 6. The predicted molar refractivity (Wildman–Crippen MR) is 227 cm³/mol. The van der Waals surface area contributed by atoms with E-state index in [4.69, 9.17) is 0 Å². The van der Waals surface area contributed by atoms with Crippen molar-refractivity contribution in [2.24, 2.45) is 0 Å². The molecule has 12 heteroatoms. The van der Waals surface area contributed by atoms with Crippen molar-refractivity contribution in [1.82, 2.24) is 26.6 Å². The molecule has 6 N–H and O–H groups in total. The first-order valence-electron chi connectivity index (χ1n) is 19.7. The molecule has 5 aromatic rings. The van der Waals surface area contributed by atoms with E-state index in [9.17, 15) is 33.9 Å². The number of hydrogen-bond acceptors (Lipinski definition) is 6. The fourth-order valence-corrected chi connectivity index (χ4v) is 6.93. The van der Waals surface area contributed by atoms with E-state index in [0.717, 1.165) is 16.7 Å². The third-order valence-electron chi connectivity index (χ3n) is 10.2. The topological polar surface area (TPSA) is 183 Å². The molecule has 2 aliphatic heterocycles. The number of carboxylic acids is 1. The minimum atomic E-state index is -1.38. The van der Waals surface area contributed by atoms with Crippen LogP contribution in [0.3, 0.4) is 0 Å². The van der Waals surface area contributed by atoms with Crippen molar-refractivity contribution in [3.05, 3.63) is 179 Å². The van der Waals surface area contributed by atoms with E-state index in [1.807, 2.05) is 91.0 Å². The average molecular weight is 806 g/mol. The summed E-state index contributed by atoms with van der Waals surface area (Å²) in [5.74, 6) is -4.46. The van der Waals surface area contributed by atoms with E-state index in [1.54, 1.807) is 36.4 Å². The molecule has 5 aromatic carbocycles. The first kappa shape index (κ1) is 42.3. The molecule has 306 valence electrons. The van der Waals surface area contributed by atoms with Gasteiger partial charge in [0.15, 0.2) is 0 Å². The van der Waals surface area contributed by atoms with E-state index < -0.39 is 59.7 Å². The quantitative estimate of drug-likeness (QED) is 0.0947. The van der Waals surface area contributed by atoms with E-state index >= 15 is 0 Å². The normalized spacial score (nSPS) is 19.4. The smallest absolute Gasteiger partial charge is 0.326 e. The number of rotatable bonds is 9. The highest BCUT2D eigenvalue weighted by molar-refractivity contribution is 5.97. The Morgan fingerprint density at radius 1 is 0.567 bits per heavy atom. The first-order valence-corrected chi connectivity index (χ1v) is 19.7. The van der Waals surface area contributed by atoms with Crippen LogP contribution in [-0.4, -0.2) is 71.3 Å². The summed E-state index contributed by atoms with van der Waals surface area (Å²) in [5, 5.41) is 23.9. The van der Waals surface area contributed by atoms with Crippen LogP contribution in [0.4, 0.5) is 0 Å². The molecule has 7 rings (SSSR count). The Morgan fingerprint density at radius 2 is 1.07 bits per heavy atom. The van der Waals surface area contributed by atoms with Crippen molar-refractivity contribution in [1.29, 1.82) is 0 Å². The molecule has 2 bridgehead atoms. The van der Waals surface area contributed by atoms with Gasteiger partial charge in [-0.05, 0) is 57.5 Å². The van der Waals surface area contributed by atoms with Gasteiger partial charge in [0.05, 0.1) is 0 Å². The zero-order chi connectivity index (χ0) is 42.4. The molecule has 0 spiro atoms. The summed E-state index contributed by atoms with van der Waals surface area (Å²) in [6.45, 7) is 4.12. The van der Waals surface area contributed by atoms with E-state index in [2.05, 4.69) is 33.2 Å². The number of benzene rings is 5. The van der Waals surface area contributed by atoms with Gasteiger partial charge < -0.3 is 31.7 Å². The second-order valence-corrected chi connectivity index (χ2v) is 14.7. The number of amides is 5. The predicted octanol–water partition coefficient (Wildman–Crippen LogP) is 4.34. The molecule has 5 amide bonds. The van der Waals surface area contributed by atoms with Gasteiger partial charge in [0, 0.05) is 37.8 Å². The Labute approximate surface area is 348 Å². The van der Waals surface area contributed by atoms with Crippen LogP contribution < -0.4 is 26.6 Å². The van der Waals surface area contributed by atoms with Crippen molar-refractivity contribution >= 4 is 35.5 Å². The van der Waals surface area contributed by atoms with Gasteiger partial charge in [0.1, 0.15) is 24.2 Å². The molecule has 0 radical (unpaired) electrons. The molecule has 0 aromatic heterocycles. The van der Waals surface area contributed by atoms with E-state index in [0.29, 0.717) is 22.3 Å². The molecule has 0 fully saturated rings. The molecule has 60 heavy (non-hydrogen) atoms. The summed E-state index contributed by atoms with van der Waals surface area (Å²) < 4.78 is 0. The van der Waals surface area contributed by atoms with Gasteiger partial charge in [-0.25, -0.2) is 4.79 Å². The first-order chi connectivity index (χ1) is 29.0. The average Bonchev–Trinajstić information content (AvgIpc) is 3.25. The van der Waals surface area contributed by atoms with Crippen LogP contribution >= 0.6 is 0 Å². The molecule has 12 nitrogen and oxygen atoms in total. The highest BCUT2D eigenvalue weighted by atomic mass is 16.4. The van der Waals surface area contributed by atoms with Crippen LogP contribution in [0.15, 0.2) is 152 Å². The number of nitrogens with one attached hydrogen (secondary N) is 5. The Morgan fingerprint density at radius 3 is 1.67 bits per heavy atom. The fraction of sp³-hybridized carbons (Fsp3) is 0.208. The summed E-state index contributed by atoms with van der Waals surface area (Å²) in [5.41, 5.74) is 5.34. The minimum absolute atomic E-state index is 0.00223. The molecule has 4 atom stereocenters. The Hall–Kier alpha value is -7.34. The maximum Gasteiger partial charge on any atom is 0.326 e. The van der Waals surface area contributed by atoms with Gasteiger partial charge in [0.2, 0.25) is 23.6 Å². The van der Waals surface area contributed by atoms with Gasteiger partial charge in [-0.3, -0.25) is 24.0 Å². The number of carbonyl (C=O) groups excluding carboxylic acids is 5. The van der Waals surface area contributed by atoms with Gasteiger partial charge in [-0.15, -0.1) is 0 Å². The van der Waals surface area contributed by atoms with Crippen LogP contribution in [-0.2, 0) is 49.7 Å². The summed E-state index contributed by atoms with van der Waals surface area (Å²) >= 11 is 0. The third kappa shape index (κ3) is 11.9. The Bertz CT molecular complexity index is 2300. The van der Waals surface area contributed by atoms with Gasteiger partial charge in [-0.2, -0.15) is 0 Å². The lowest BCUT2D eigenvalue weighted by Gasteiger charge is -2.27. The lowest BCUT2D eigenvalue weighted by atomic mass is 9.97. The summed E-state index contributed by atoms with van der Waals surface area (Å²) in [6.07, 6.45) is -0.0423. The molecule has 2 heterocycles. The van der Waals surface area contributed by atoms with E-state index in [-0.39, 0.29) is 44.2 Å². The lowest BCUT2D eigenvalue weighted by molar-refractivity contribution is -0.142. The van der Waals surface area contributed by atoms with Crippen molar-refractivity contribution < 1.29 is 33.9 Å². The van der Waals surface area contributed by atoms with Gasteiger partial charge in [0.25, 0.3) is 5.91 Å². The standard InChI is InChI=1S/C48H47N5O7/c1-31(27-32-11-5-2-6-12-32)43-47(58)51-40(29-34-17-21-37(22-18-34)36-15-9-4-10-16-36)45(56)50-39(28-33-13-7-3-8-14-33)46(57)52-41(48(59)60)30-35-19-23-38(24-20-35)44(55)49-26-25-42(54)53-43/h2-24,39-41,43H,1,25-30H2,(H,49,55)(H,50,56)(H,51,58)(H,52,57)(H,53,54)(H,59,60). The summed E-state index contributed by atoms with van der Waals surface area (Å²) in [7, 11) is 0. The zero-order valence-electron chi connectivity index (χ0n) is 32.9. The fourth-order valence-electron chi connectivity index (χ4n) is 6.93. The molecule has 4 unspecified atom stereocenters. The van der Waals surface area contributed by atoms with Crippen LogP contribution in [0, 0.1) is 0 Å². The molecular weight excluding hydrogens is 759 g/mol. The highest BCUT2D eigenvalue weighted by Crippen LogP contribution is 2.20. The zero-order valence-corrected chi connectivity index (χ0v) is 32.9. The van der Waals surface area contributed by atoms with Crippen LogP contribution in [0.5, 0.6) is 0 Å². The number of hydrogen-bond donors (Lipinski definition) is 6. The maximum atomic E-state index is 14.5. The van der Waals surface area contributed by atoms with Crippen molar-refractivity contribution in [2.45, 2.75) is 56.3 Å².